The Morgan fingerprint density at radius 2 is 1.78 bits per heavy atom. The highest BCUT2D eigenvalue weighted by atomic mass is 32.1. The first-order chi connectivity index (χ1) is 8.83. The third kappa shape index (κ3) is 2.20. The quantitative estimate of drug-likeness (QED) is 0.609. The minimum Gasteiger partial charge on any atom is -0.208 e. The van der Waals surface area contributed by atoms with E-state index in [2.05, 4.69) is 66.3 Å². The van der Waals surface area contributed by atoms with Gasteiger partial charge in [0.2, 0.25) is 0 Å². The number of fused-ring (bicyclic) bond motifs is 1. The number of benzene rings is 1. The van der Waals surface area contributed by atoms with E-state index in [1.165, 1.54) is 21.2 Å². The lowest BCUT2D eigenvalue weighted by molar-refractivity contribution is -0.671. The monoisotopic (exact) mass is 252 g/mol. The maximum absolute atomic E-state index is 2.21. The average Bonchev–Trinajstić information content (AvgIpc) is 2.82. The summed E-state index contributed by atoms with van der Waals surface area (Å²) in [5, 5.41) is 3.55. The Bertz CT molecular complexity index is 692. The zero-order valence-corrected chi connectivity index (χ0v) is 11.0. The van der Waals surface area contributed by atoms with Gasteiger partial charge in [-0.2, -0.15) is 0 Å². The van der Waals surface area contributed by atoms with Crippen LogP contribution in [0.25, 0.3) is 22.2 Å². The van der Waals surface area contributed by atoms with Gasteiger partial charge in [0.1, 0.15) is 7.05 Å². The summed E-state index contributed by atoms with van der Waals surface area (Å²) in [5.74, 6) is 0. The van der Waals surface area contributed by atoms with Crippen LogP contribution in [0.4, 0.5) is 0 Å². The summed E-state index contributed by atoms with van der Waals surface area (Å²) in [6.45, 7) is 0. The predicted octanol–water partition coefficient (Wildman–Crippen LogP) is 3.90. The Morgan fingerprint density at radius 1 is 1.00 bits per heavy atom. The van der Waals surface area contributed by atoms with Gasteiger partial charge in [0, 0.05) is 16.8 Å². The van der Waals surface area contributed by atoms with Crippen molar-refractivity contribution < 1.29 is 4.57 Å². The summed E-state index contributed by atoms with van der Waals surface area (Å²) in [7, 11) is 2.03. The van der Waals surface area contributed by atoms with Crippen LogP contribution in [-0.4, -0.2) is 0 Å². The highest BCUT2D eigenvalue weighted by Crippen LogP contribution is 2.26. The van der Waals surface area contributed by atoms with Gasteiger partial charge in [-0.15, -0.1) is 11.3 Å². The first-order valence-corrected chi connectivity index (χ1v) is 6.80. The minimum atomic E-state index is 1.23. The van der Waals surface area contributed by atoms with Crippen molar-refractivity contribution in [1.29, 1.82) is 0 Å². The largest absolute Gasteiger partial charge is 0.208 e. The van der Waals surface area contributed by atoms with Crippen molar-refractivity contribution in [2.24, 2.45) is 7.05 Å². The molecule has 0 saturated carbocycles. The van der Waals surface area contributed by atoms with Crippen LogP contribution in [0.15, 0.2) is 54.2 Å². The lowest BCUT2D eigenvalue weighted by atomic mass is 10.1. The van der Waals surface area contributed by atoms with E-state index in [0.29, 0.717) is 0 Å². The van der Waals surface area contributed by atoms with Crippen LogP contribution in [0.3, 0.4) is 0 Å². The molecule has 2 heterocycles. The van der Waals surface area contributed by atoms with E-state index in [4.69, 9.17) is 0 Å². The summed E-state index contributed by atoms with van der Waals surface area (Å²) in [6.07, 6.45) is 8.47. The predicted molar refractivity (Wildman–Crippen MR) is 78.4 cm³/mol. The van der Waals surface area contributed by atoms with Crippen LogP contribution < -0.4 is 4.57 Å². The second-order valence-electron chi connectivity index (χ2n) is 4.32. The van der Waals surface area contributed by atoms with Crippen molar-refractivity contribution in [3.8, 4) is 0 Å². The molecule has 0 aliphatic heterocycles. The molecule has 0 aliphatic carbocycles. The topological polar surface area (TPSA) is 3.88 Å². The third-order valence-corrected chi connectivity index (χ3v) is 3.95. The third-order valence-electron chi connectivity index (χ3n) is 2.97. The van der Waals surface area contributed by atoms with Gasteiger partial charge in [0.15, 0.2) is 12.4 Å². The van der Waals surface area contributed by atoms with E-state index in [-0.39, 0.29) is 0 Å². The van der Waals surface area contributed by atoms with Crippen LogP contribution in [-0.2, 0) is 7.05 Å². The van der Waals surface area contributed by atoms with Crippen molar-refractivity contribution in [2.45, 2.75) is 0 Å². The Kier molecular flexibility index (Phi) is 2.95. The number of aryl methyl sites for hydroxylation is 1. The lowest BCUT2D eigenvalue weighted by Gasteiger charge is -1.92. The van der Waals surface area contributed by atoms with E-state index in [1.54, 1.807) is 11.3 Å². The zero-order valence-electron chi connectivity index (χ0n) is 10.2. The fraction of sp³-hybridized carbons (Fsp3) is 0.0625. The molecule has 0 amide bonds. The molecule has 0 aliphatic rings. The van der Waals surface area contributed by atoms with E-state index >= 15 is 0 Å². The molecule has 2 heteroatoms. The zero-order chi connectivity index (χ0) is 12.4. The molecular weight excluding hydrogens is 238 g/mol. The summed E-state index contributed by atoms with van der Waals surface area (Å²) < 4.78 is 3.38. The van der Waals surface area contributed by atoms with Crippen molar-refractivity contribution >= 4 is 33.6 Å². The minimum absolute atomic E-state index is 1.23. The highest BCUT2D eigenvalue weighted by Gasteiger charge is 1.99. The summed E-state index contributed by atoms with van der Waals surface area (Å²) in [6, 6.07) is 12.8. The smallest absolute Gasteiger partial charge is 0.169 e. The molecule has 1 nitrogen and oxygen atoms in total. The summed E-state index contributed by atoms with van der Waals surface area (Å²) in [4.78, 5) is 0. The Labute approximate surface area is 111 Å². The van der Waals surface area contributed by atoms with E-state index in [0.717, 1.165) is 0 Å². The number of nitrogens with zero attached hydrogens (tertiary/aromatic N) is 1. The number of pyridine rings is 1. The Balaban J connectivity index is 1.94. The van der Waals surface area contributed by atoms with Crippen LogP contribution >= 0.6 is 11.3 Å². The molecule has 2 aromatic heterocycles. The van der Waals surface area contributed by atoms with Gasteiger partial charge in [-0.3, -0.25) is 0 Å². The SMILES string of the molecule is C[n+]1ccc(C=Cc2csc3ccccc23)cc1. The molecule has 0 spiro atoms. The van der Waals surface area contributed by atoms with E-state index in [9.17, 15) is 0 Å². The first-order valence-electron chi connectivity index (χ1n) is 5.92. The van der Waals surface area contributed by atoms with Crippen LogP contribution in [0.5, 0.6) is 0 Å². The van der Waals surface area contributed by atoms with Gasteiger partial charge < -0.3 is 0 Å². The normalized spacial score (nSPS) is 11.4. The summed E-state index contributed by atoms with van der Waals surface area (Å²) in [5.41, 5.74) is 2.52. The maximum Gasteiger partial charge on any atom is 0.169 e. The number of hydrogen-bond acceptors (Lipinski definition) is 1. The second kappa shape index (κ2) is 4.75. The number of hydrogen-bond donors (Lipinski definition) is 0. The highest BCUT2D eigenvalue weighted by molar-refractivity contribution is 7.17. The van der Waals surface area contributed by atoms with Crippen LogP contribution in [0.1, 0.15) is 11.1 Å². The number of aromatic nitrogens is 1. The van der Waals surface area contributed by atoms with Crippen molar-refractivity contribution in [3.63, 3.8) is 0 Å². The molecular formula is C16H14NS+. The second-order valence-corrected chi connectivity index (χ2v) is 5.23. The molecule has 0 atom stereocenters. The van der Waals surface area contributed by atoms with Crippen molar-refractivity contribution in [3.05, 3.63) is 65.3 Å². The van der Waals surface area contributed by atoms with Gasteiger partial charge in [-0.1, -0.05) is 30.4 Å². The van der Waals surface area contributed by atoms with Crippen LogP contribution in [0.2, 0.25) is 0 Å². The molecule has 1 aromatic carbocycles. The average molecular weight is 252 g/mol. The Morgan fingerprint density at radius 3 is 2.61 bits per heavy atom. The molecule has 88 valence electrons. The Hall–Kier alpha value is -1.93. The van der Waals surface area contributed by atoms with Gasteiger partial charge in [-0.05, 0) is 28.0 Å². The van der Waals surface area contributed by atoms with Crippen molar-refractivity contribution in [1.82, 2.24) is 0 Å². The molecule has 3 aromatic rings. The van der Waals surface area contributed by atoms with Gasteiger partial charge in [-0.25, -0.2) is 4.57 Å². The van der Waals surface area contributed by atoms with Gasteiger partial charge >= 0.3 is 0 Å². The van der Waals surface area contributed by atoms with Gasteiger partial charge in [0.05, 0.1) is 0 Å². The number of thiophene rings is 1. The molecule has 0 N–H and O–H groups in total. The number of rotatable bonds is 2. The fourth-order valence-electron chi connectivity index (χ4n) is 1.94. The summed E-state index contributed by atoms with van der Waals surface area (Å²) >= 11 is 1.80. The molecule has 0 unspecified atom stereocenters. The van der Waals surface area contributed by atoms with E-state index < -0.39 is 0 Å². The molecule has 18 heavy (non-hydrogen) atoms. The lowest BCUT2D eigenvalue weighted by Crippen LogP contribution is -2.25. The van der Waals surface area contributed by atoms with Crippen LogP contribution in [0, 0.1) is 0 Å². The maximum atomic E-state index is 2.21. The fourth-order valence-corrected chi connectivity index (χ4v) is 2.87. The van der Waals surface area contributed by atoms with Crippen molar-refractivity contribution in [2.75, 3.05) is 0 Å². The molecule has 0 radical (unpaired) electrons. The molecule has 0 fully saturated rings. The van der Waals surface area contributed by atoms with Gasteiger partial charge in [0.25, 0.3) is 0 Å². The molecule has 3 rings (SSSR count). The molecule has 0 saturated heterocycles. The van der Waals surface area contributed by atoms with E-state index in [1.807, 2.05) is 11.6 Å². The molecule has 0 bridgehead atoms. The standard InChI is InChI=1S/C16H14NS/c1-17-10-8-13(9-11-17)6-7-14-12-18-16-5-3-2-4-15(14)16/h2-12H,1H3/q+1. The first kappa shape index (κ1) is 11.2.